The van der Waals surface area contributed by atoms with E-state index in [4.69, 9.17) is 4.74 Å². The lowest BCUT2D eigenvalue weighted by Crippen LogP contribution is -2.46. The number of hydrogen-bond donors (Lipinski definition) is 2. The van der Waals surface area contributed by atoms with Crippen molar-refractivity contribution in [1.29, 1.82) is 0 Å². The molecule has 3 aliphatic rings. The van der Waals surface area contributed by atoms with Crippen LogP contribution in [0.4, 0.5) is 0 Å². The molecule has 8 heteroatoms. The van der Waals surface area contributed by atoms with E-state index in [9.17, 15) is 5.11 Å². The van der Waals surface area contributed by atoms with E-state index in [1.807, 2.05) is 31.3 Å². The number of hydrogen-bond acceptors (Lipinski definition) is 7. The third kappa shape index (κ3) is 2.77. The maximum absolute atomic E-state index is 10.5. The zero-order valence-corrected chi connectivity index (χ0v) is 17.2. The number of phenolic OH excluding ortho intramolecular Hbond substituents is 1. The highest BCUT2D eigenvalue weighted by Crippen LogP contribution is 2.64. The molecule has 1 aliphatic carbocycles. The Bertz CT molecular complexity index is 1090. The predicted octanol–water partition coefficient (Wildman–Crippen LogP) is 3.31. The van der Waals surface area contributed by atoms with E-state index >= 15 is 0 Å². The normalized spacial score (nSPS) is 32.2. The number of ether oxygens (including phenoxy) is 1. The van der Waals surface area contributed by atoms with Gasteiger partial charge in [-0.3, -0.25) is 0 Å². The summed E-state index contributed by atoms with van der Waals surface area (Å²) in [5.74, 6) is 0.978. The van der Waals surface area contributed by atoms with Gasteiger partial charge in [-0.15, -0.1) is 5.10 Å². The quantitative estimate of drug-likeness (QED) is 0.688. The Hall–Kier alpha value is -2.45. The maximum Gasteiger partial charge on any atom is 0.294 e. The second-order valence-corrected chi connectivity index (χ2v) is 9.77. The Morgan fingerprint density at radius 1 is 1.28 bits per heavy atom. The van der Waals surface area contributed by atoms with Crippen LogP contribution in [0.5, 0.6) is 10.9 Å². The maximum atomic E-state index is 10.5. The summed E-state index contributed by atoms with van der Waals surface area (Å²) in [6.07, 6.45) is 5.49. The molecule has 2 aromatic heterocycles. The lowest BCUT2D eigenvalue weighted by atomic mass is 9.93. The molecule has 1 saturated carbocycles. The van der Waals surface area contributed by atoms with Crippen molar-refractivity contribution in [2.45, 2.75) is 51.3 Å². The van der Waals surface area contributed by atoms with Crippen molar-refractivity contribution >= 4 is 11.3 Å². The van der Waals surface area contributed by atoms with Gasteiger partial charge >= 0.3 is 0 Å². The Morgan fingerprint density at radius 3 is 2.93 bits per heavy atom. The zero-order chi connectivity index (χ0) is 19.8. The summed E-state index contributed by atoms with van der Waals surface area (Å²) < 4.78 is 7.94. The Balaban J connectivity index is 1.19. The van der Waals surface area contributed by atoms with Gasteiger partial charge in [0.15, 0.2) is 5.01 Å². The number of piperidine rings is 2. The van der Waals surface area contributed by atoms with Crippen LogP contribution in [-0.4, -0.2) is 43.3 Å². The molecule has 0 amide bonds. The summed E-state index contributed by atoms with van der Waals surface area (Å²) in [5.41, 5.74) is 2.87. The van der Waals surface area contributed by atoms with Crippen LogP contribution in [0.25, 0.3) is 16.3 Å². The van der Waals surface area contributed by atoms with Gasteiger partial charge in [0.05, 0.1) is 16.9 Å². The third-order valence-corrected chi connectivity index (χ3v) is 7.78. The number of benzene rings is 1. The fourth-order valence-electron chi connectivity index (χ4n) is 5.20. The molecule has 2 bridgehead atoms. The van der Waals surface area contributed by atoms with Gasteiger partial charge in [0.1, 0.15) is 11.9 Å². The van der Waals surface area contributed by atoms with Crippen LogP contribution < -0.4 is 10.1 Å². The Kier molecular flexibility index (Phi) is 3.62. The summed E-state index contributed by atoms with van der Waals surface area (Å²) in [6.45, 7) is 4.34. The molecule has 2 N–H and O–H groups in total. The number of aromatic nitrogens is 4. The van der Waals surface area contributed by atoms with Gasteiger partial charge in [-0.05, 0) is 42.9 Å². The molecule has 1 aromatic carbocycles. The van der Waals surface area contributed by atoms with Crippen molar-refractivity contribution in [3.8, 4) is 27.2 Å². The molecule has 0 radical (unpaired) electrons. The molecular formula is C21H23N5O2S. The first-order valence-corrected chi connectivity index (χ1v) is 10.9. The number of aryl methyl sites for hydroxylation is 1. The van der Waals surface area contributed by atoms with Gasteiger partial charge in [-0.2, -0.15) is 5.10 Å². The Morgan fingerprint density at radius 2 is 2.17 bits per heavy atom. The Labute approximate surface area is 172 Å². The lowest BCUT2D eigenvalue weighted by Gasteiger charge is -2.32. The van der Waals surface area contributed by atoms with E-state index in [1.165, 1.54) is 17.8 Å². The van der Waals surface area contributed by atoms with Crippen LogP contribution >= 0.6 is 11.3 Å². The zero-order valence-electron chi connectivity index (χ0n) is 16.4. The largest absolute Gasteiger partial charge is 0.507 e. The monoisotopic (exact) mass is 409 g/mol. The average Bonchev–Trinajstić information content (AvgIpc) is 2.98. The molecule has 5 unspecified atom stereocenters. The van der Waals surface area contributed by atoms with Gasteiger partial charge in [0.2, 0.25) is 0 Å². The van der Waals surface area contributed by atoms with E-state index in [-0.39, 0.29) is 11.9 Å². The number of nitrogens with one attached hydrogen (secondary N) is 1. The van der Waals surface area contributed by atoms with Crippen molar-refractivity contribution in [3.63, 3.8) is 0 Å². The molecule has 7 nitrogen and oxygen atoms in total. The van der Waals surface area contributed by atoms with Crippen molar-refractivity contribution in [2.24, 2.45) is 11.3 Å². The highest BCUT2D eigenvalue weighted by molar-refractivity contribution is 7.16. The van der Waals surface area contributed by atoms with E-state index in [1.54, 1.807) is 10.7 Å². The SMILES string of the molecule is Cc1ccn(-c2ccc(-c3nnc(OC4CC5NC(C4)C4(C)CC54)s3)c(O)c2)n1. The van der Waals surface area contributed by atoms with Crippen molar-refractivity contribution in [1.82, 2.24) is 25.3 Å². The van der Waals surface area contributed by atoms with Crippen molar-refractivity contribution in [2.75, 3.05) is 0 Å². The molecule has 2 aliphatic heterocycles. The molecule has 2 saturated heterocycles. The molecule has 4 heterocycles. The van der Waals surface area contributed by atoms with Crippen molar-refractivity contribution < 1.29 is 9.84 Å². The highest BCUT2D eigenvalue weighted by Gasteiger charge is 2.66. The van der Waals surface area contributed by atoms with E-state index in [0.29, 0.717) is 33.3 Å². The second-order valence-electron chi connectivity index (χ2n) is 8.83. The van der Waals surface area contributed by atoms with Crippen LogP contribution in [0.3, 0.4) is 0 Å². The summed E-state index contributed by atoms with van der Waals surface area (Å²) in [4.78, 5) is 0. The average molecular weight is 410 g/mol. The third-order valence-electron chi connectivity index (χ3n) is 6.93. The fraction of sp³-hybridized carbons (Fsp3) is 0.476. The number of rotatable bonds is 4. The number of phenols is 1. The first-order valence-electron chi connectivity index (χ1n) is 10.1. The molecule has 0 spiro atoms. The second kappa shape index (κ2) is 6.03. The van der Waals surface area contributed by atoms with E-state index in [0.717, 1.165) is 30.1 Å². The van der Waals surface area contributed by atoms with Crippen LogP contribution in [0.1, 0.15) is 31.9 Å². The predicted molar refractivity (Wildman–Crippen MR) is 109 cm³/mol. The van der Waals surface area contributed by atoms with Crippen LogP contribution in [0.15, 0.2) is 30.5 Å². The summed E-state index contributed by atoms with van der Waals surface area (Å²) >= 11 is 1.39. The lowest BCUT2D eigenvalue weighted by molar-refractivity contribution is 0.118. The van der Waals surface area contributed by atoms with Crippen molar-refractivity contribution in [3.05, 3.63) is 36.2 Å². The molecular weight excluding hydrogens is 386 g/mol. The number of nitrogens with zero attached hydrogens (tertiary/aromatic N) is 4. The van der Waals surface area contributed by atoms with Gasteiger partial charge in [-0.1, -0.05) is 23.4 Å². The summed E-state index contributed by atoms with van der Waals surface area (Å²) in [5, 5.41) is 28.4. The van der Waals surface area contributed by atoms with E-state index in [2.05, 4.69) is 27.5 Å². The van der Waals surface area contributed by atoms with E-state index < -0.39 is 0 Å². The topological polar surface area (TPSA) is 85.1 Å². The first-order chi connectivity index (χ1) is 14.0. The molecule has 3 fully saturated rings. The number of aromatic hydroxyl groups is 1. The molecule has 5 atom stereocenters. The van der Waals surface area contributed by atoms with Crippen LogP contribution in [0.2, 0.25) is 0 Å². The van der Waals surface area contributed by atoms with Gasteiger partial charge in [0, 0.05) is 37.2 Å². The van der Waals surface area contributed by atoms with Gasteiger partial charge in [-0.25, -0.2) is 4.68 Å². The standard InChI is InChI=1S/C21H23N5O2S/c1-11-5-6-26(25-11)12-3-4-14(17(27)7-12)19-23-24-20(29-19)28-13-8-16-15-10-21(15,2)18(9-13)22-16/h3-7,13,15-16,18,22,27H,8-10H2,1-2H3. The van der Waals surface area contributed by atoms with Gasteiger partial charge < -0.3 is 15.2 Å². The molecule has 150 valence electrons. The molecule has 6 rings (SSSR count). The van der Waals surface area contributed by atoms with Gasteiger partial charge in [0.25, 0.3) is 5.19 Å². The smallest absolute Gasteiger partial charge is 0.294 e. The minimum atomic E-state index is 0.159. The summed E-state index contributed by atoms with van der Waals surface area (Å²) in [6, 6.07) is 8.54. The van der Waals surface area contributed by atoms with Crippen LogP contribution in [0, 0.1) is 18.3 Å². The number of fused-ring (bicyclic) bond motifs is 5. The minimum Gasteiger partial charge on any atom is -0.507 e. The minimum absolute atomic E-state index is 0.159. The fourth-order valence-corrected chi connectivity index (χ4v) is 6.00. The van der Waals surface area contributed by atoms with Crippen LogP contribution in [-0.2, 0) is 0 Å². The summed E-state index contributed by atoms with van der Waals surface area (Å²) in [7, 11) is 0. The highest BCUT2D eigenvalue weighted by atomic mass is 32.1. The first kappa shape index (κ1) is 17.4. The molecule has 3 aromatic rings. The molecule has 29 heavy (non-hydrogen) atoms.